The Bertz CT molecular complexity index is 813. The average Bonchev–Trinajstić information content (AvgIpc) is 2.48. The lowest BCUT2D eigenvalue weighted by atomic mass is 10.1. The van der Waals surface area contributed by atoms with Crippen LogP contribution in [0.1, 0.15) is 22.8 Å². The van der Waals surface area contributed by atoms with Crippen LogP contribution in [0, 0.1) is 17.0 Å². The van der Waals surface area contributed by atoms with E-state index in [0.717, 1.165) is 41.1 Å². The zero-order chi connectivity index (χ0) is 18.1. The Balaban J connectivity index is 2.27. The van der Waals surface area contributed by atoms with Crippen LogP contribution in [0.4, 0.5) is 18.9 Å². The molecule has 1 aromatic heterocycles. The Morgan fingerprint density at radius 1 is 1.29 bits per heavy atom. The Kier molecular flexibility index (Phi) is 4.74. The molecule has 0 radical (unpaired) electrons. The summed E-state index contributed by atoms with van der Waals surface area (Å²) in [6, 6.07) is 4.90. The summed E-state index contributed by atoms with van der Waals surface area (Å²) in [5.41, 5.74) is -1.34. The number of aryl methyl sites for hydroxylation is 1. The summed E-state index contributed by atoms with van der Waals surface area (Å²) in [5, 5.41) is 21.0. The maximum atomic E-state index is 12.5. The summed E-state index contributed by atoms with van der Waals surface area (Å²) in [4.78, 5) is 22.1. The molecule has 6 nitrogen and oxygen atoms in total. The summed E-state index contributed by atoms with van der Waals surface area (Å²) >= 11 is 0. The molecule has 0 aliphatic carbocycles. The van der Waals surface area contributed by atoms with Crippen molar-refractivity contribution in [3.63, 3.8) is 0 Å². The standard InChI is InChI=1S/C15H13F3N2O4/c1-9-6-14(22)19(7-12(9)20(23)24)8-13(21)10-2-4-11(5-3-10)15(16,17)18/h2-7,13,21H,8H2,1H3. The Morgan fingerprint density at radius 3 is 2.38 bits per heavy atom. The third-order valence-corrected chi connectivity index (χ3v) is 3.49. The van der Waals surface area contributed by atoms with E-state index in [4.69, 9.17) is 0 Å². The molecule has 128 valence electrons. The van der Waals surface area contributed by atoms with Gasteiger partial charge in [-0.2, -0.15) is 13.2 Å². The van der Waals surface area contributed by atoms with Gasteiger partial charge in [-0.15, -0.1) is 0 Å². The van der Waals surface area contributed by atoms with Gasteiger partial charge in [-0.05, 0) is 24.6 Å². The molecule has 1 aromatic carbocycles. The van der Waals surface area contributed by atoms with E-state index in [9.17, 15) is 33.2 Å². The molecule has 0 spiro atoms. The molecule has 0 aliphatic rings. The molecule has 2 rings (SSSR count). The Morgan fingerprint density at radius 2 is 1.88 bits per heavy atom. The van der Waals surface area contributed by atoms with Crippen LogP contribution in [0.2, 0.25) is 0 Å². The molecule has 0 bridgehead atoms. The molecule has 24 heavy (non-hydrogen) atoms. The van der Waals surface area contributed by atoms with E-state index in [1.165, 1.54) is 6.92 Å². The second-order valence-electron chi connectivity index (χ2n) is 5.22. The normalized spacial score (nSPS) is 12.9. The van der Waals surface area contributed by atoms with Gasteiger partial charge in [0.05, 0.1) is 29.3 Å². The minimum Gasteiger partial charge on any atom is -0.387 e. The Labute approximate surface area is 133 Å². The highest BCUT2D eigenvalue weighted by Crippen LogP contribution is 2.30. The summed E-state index contributed by atoms with van der Waals surface area (Å²) in [7, 11) is 0. The smallest absolute Gasteiger partial charge is 0.387 e. The highest BCUT2D eigenvalue weighted by molar-refractivity contribution is 5.36. The lowest BCUT2D eigenvalue weighted by Crippen LogP contribution is -2.23. The third-order valence-electron chi connectivity index (χ3n) is 3.49. The molecule has 0 saturated heterocycles. The molecule has 9 heteroatoms. The number of pyridine rings is 1. The van der Waals surface area contributed by atoms with E-state index in [0.29, 0.717) is 0 Å². The molecular weight excluding hydrogens is 329 g/mol. The summed E-state index contributed by atoms with van der Waals surface area (Å²) < 4.78 is 38.5. The van der Waals surface area contributed by atoms with Crippen molar-refractivity contribution in [3.8, 4) is 0 Å². The molecule has 2 aromatic rings. The molecular formula is C15H13F3N2O4. The van der Waals surface area contributed by atoms with Crippen LogP contribution < -0.4 is 5.56 Å². The van der Waals surface area contributed by atoms with Crippen molar-refractivity contribution < 1.29 is 23.2 Å². The van der Waals surface area contributed by atoms with Gasteiger partial charge in [0, 0.05) is 11.6 Å². The summed E-state index contributed by atoms with van der Waals surface area (Å²) in [5.74, 6) is 0. The number of nitrogens with zero attached hydrogens (tertiary/aromatic N) is 2. The van der Waals surface area contributed by atoms with Crippen molar-refractivity contribution in [2.45, 2.75) is 25.7 Å². The van der Waals surface area contributed by atoms with Gasteiger partial charge >= 0.3 is 6.18 Å². The number of benzene rings is 1. The van der Waals surface area contributed by atoms with Crippen molar-refractivity contribution >= 4 is 5.69 Å². The van der Waals surface area contributed by atoms with Crippen LogP contribution >= 0.6 is 0 Å². The van der Waals surface area contributed by atoms with E-state index in [1.54, 1.807) is 0 Å². The minimum absolute atomic E-state index is 0.165. The fraction of sp³-hybridized carbons (Fsp3) is 0.267. The zero-order valence-corrected chi connectivity index (χ0v) is 12.4. The quantitative estimate of drug-likeness (QED) is 0.684. The second-order valence-corrected chi connectivity index (χ2v) is 5.22. The first-order chi connectivity index (χ1) is 11.1. The van der Waals surface area contributed by atoms with Gasteiger partial charge in [0.25, 0.3) is 11.2 Å². The van der Waals surface area contributed by atoms with Crippen molar-refractivity contribution in [2.75, 3.05) is 0 Å². The zero-order valence-electron chi connectivity index (χ0n) is 12.4. The monoisotopic (exact) mass is 342 g/mol. The molecule has 0 fully saturated rings. The van der Waals surface area contributed by atoms with Gasteiger partial charge in [0.2, 0.25) is 0 Å². The van der Waals surface area contributed by atoms with Crippen LogP contribution in [-0.4, -0.2) is 14.6 Å². The summed E-state index contributed by atoms with van der Waals surface area (Å²) in [6.45, 7) is 1.10. The van der Waals surface area contributed by atoms with Gasteiger partial charge in [0.1, 0.15) is 0 Å². The average molecular weight is 342 g/mol. The first-order valence-electron chi connectivity index (χ1n) is 6.80. The van der Waals surface area contributed by atoms with Crippen LogP contribution in [0.3, 0.4) is 0 Å². The fourth-order valence-electron chi connectivity index (χ4n) is 2.17. The van der Waals surface area contributed by atoms with Gasteiger partial charge in [0.15, 0.2) is 0 Å². The highest BCUT2D eigenvalue weighted by Gasteiger charge is 2.30. The number of aliphatic hydroxyl groups excluding tert-OH is 1. The van der Waals surface area contributed by atoms with E-state index in [2.05, 4.69) is 0 Å². The highest BCUT2D eigenvalue weighted by atomic mass is 19.4. The number of aromatic nitrogens is 1. The minimum atomic E-state index is -4.49. The molecule has 0 amide bonds. The predicted molar refractivity (Wildman–Crippen MR) is 78.5 cm³/mol. The first-order valence-corrected chi connectivity index (χ1v) is 6.80. The lowest BCUT2D eigenvalue weighted by Gasteiger charge is -2.14. The molecule has 1 N–H and O–H groups in total. The lowest BCUT2D eigenvalue weighted by molar-refractivity contribution is -0.386. The van der Waals surface area contributed by atoms with Gasteiger partial charge in [-0.3, -0.25) is 14.9 Å². The van der Waals surface area contributed by atoms with E-state index in [1.807, 2.05) is 0 Å². The maximum Gasteiger partial charge on any atom is 0.416 e. The van der Waals surface area contributed by atoms with Crippen molar-refractivity contribution in [2.24, 2.45) is 0 Å². The number of alkyl halides is 3. The van der Waals surface area contributed by atoms with Gasteiger partial charge < -0.3 is 9.67 Å². The number of halogens is 3. The molecule has 1 heterocycles. The molecule has 0 saturated carbocycles. The van der Waals surface area contributed by atoms with Crippen molar-refractivity contribution in [1.82, 2.24) is 4.57 Å². The summed E-state index contributed by atoms with van der Waals surface area (Å²) in [6.07, 6.45) is -4.77. The van der Waals surface area contributed by atoms with Crippen LogP contribution in [-0.2, 0) is 12.7 Å². The fourth-order valence-corrected chi connectivity index (χ4v) is 2.17. The van der Waals surface area contributed by atoms with Crippen LogP contribution in [0.25, 0.3) is 0 Å². The van der Waals surface area contributed by atoms with E-state index in [-0.39, 0.29) is 23.4 Å². The number of hydrogen-bond donors (Lipinski definition) is 1. The largest absolute Gasteiger partial charge is 0.416 e. The Hall–Kier alpha value is -2.68. The van der Waals surface area contributed by atoms with Crippen molar-refractivity contribution in [3.05, 3.63) is 73.7 Å². The molecule has 0 aliphatic heterocycles. The number of rotatable bonds is 4. The predicted octanol–water partition coefficient (Wildman–Crippen LogP) is 2.82. The number of nitro groups is 1. The maximum absolute atomic E-state index is 12.5. The van der Waals surface area contributed by atoms with E-state index < -0.39 is 28.3 Å². The molecule has 1 atom stereocenters. The first kappa shape index (κ1) is 17.7. The number of aliphatic hydroxyl groups is 1. The van der Waals surface area contributed by atoms with Crippen molar-refractivity contribution in [1.29, 1.82) is 0 Å². The van der Waals surface area contributed by atoms with E-state index >= 15 is 0 Å². The SMILES string of the molecule is Cc1cc(=O)n(CC(O)c2ccc(C(F)(F)F)cc2)cc1[N+](=O)[O-]. The number of hydrogen-bond acceptors (Lipinski definition) is 4. The van der Waals surface area contributed by atoms with Crippen LogP contribution in [0.15, 0.2) is 41.3 Å². The van der Waals surface area contributed by atoms with Crippen LogP contribution in [0.5, 0.6) is 0 Å². The van der Waals surface area contributed by atoms with Gasteiger partial charge in [-0.1, -0.05) is 12.1 Å². The molecule has 1 unspecified atom stereocenters. The van der Waals surface area contributed by atoms with Gasteiger partial charge in [-0.25, -0.2) is 0 Å². The second kappa shape index (κ2) is 6.44. The third kappa shape index (κ3) is 3.80. The topological polar surface area (TPSA) is 85.4 Å².